The molecule has 192 valence electrons. The van der Waals surface area contributed by atoms with Crippen molar-refractivity contribution in [3.05, 3.63) is 0 Å². The molecule has 0 aromatic rings. The molecule has 4 saturated carbocycles. The van der Waals surface area contributed by atoms with Crippen LogP contribution in [0.15, 0.2) is 0 Å². The molecule has 6 N–H and O–H groups in total. The van der Waals surface area contributed by atoms with Crippen LogP contribution in [-0.4, -0.2) is 67.3 Å². The fourth-order valence-electron chi connectivity index (χ4n) is 9.60. The number of rotatable bonds is 6. The van der Waals surface area contributed by atoms with E-state index in [1.165, 1.54) is 0 Å². The Morgan fingerprint density at radius 3 is 2.21 bits per heavy atom. The molecule has 4 rings (SSSR count). The van der Waals surface area contributed by atoms with E-state index < -0.39 is 41.3 Å². The lowest BCUT2D eigenvalue weighted by molar-refractivity contribution is -0.280. The zero-order chi connectivity index (χ0) is 24.3. The average Bonchev–Trinajstić information content (AvgIpc) is 3.02. The largest absolute Gasteiger partial charge is 0.396 e. The summed E-state index contributed by atoms with van der Waals surface area (Å²) >= 11 is 0. The smallest absolute Gasteiger partial charge is 0.0857 e. The number of fused-ring (bicyclic) bond motifs is 5. The quantitative estimate of drug-likeness (QED) is 0.356. The van der Waals surface area contributed by atoms with Gasteiger partial charge in [0.1, 0.15) is 0 Å². The molecule has 0 aromatic heterocycles. The van der Waals surface area contributed by atoms with Crippen LogP contribution < -0.4 is 0 Å². The Morgan fingerprint density at radius 1 is 0.879 bits per heavy atom. The Labute approximate surface area is 199 Å². The SMILES string of the molecule is C[C@H](CO)CCC[C@@H](C)[C@H]1C[C@@H](O)C2[C@]1(C)CC[C@@H]1[C@@]3(C)CC[C@H](O)[C@H](O)C3[C@@H](O)C[C@@]21O. The zero-order valence-electron chi connectivity index (χ0n) is 21.0. The van der Waals surface area contributed by atoms with Gasteiger partial charge in [0.25, 0.3) is 0 Å². The Morgan fingerprint density at radius 2 is 1.55 bits per heavy atom. The van der Waals surface area contributed by atoms with Gasteiger partial charge in [0.2, 0.25) is 0 Å². The number of aliphatic hydroxyl groups excluding tert-OH is 5. The summed E-state index contributed by atoms with van der Waals surface area (Å²) in [6, 6.07) is 0. The Balaban J connectivity index is 1.59. The second kappa shape index (κ2) is 9.01. The Bertz CT molecular complexity index is 702. The first kappa shape index (κ1) is 25.8. The summed E-state index contributed by atoms with van der Waals surface area (Å²) in [6.45, 7) is 8.90. The molecular weight excluding hydrogens is 420 g/mol. The maximum absolute atomic E-state index is 12.3. The maximum atomic E-state index is 12.3. The highest BCUT2D eigenvalue weighted by molar-refractivity contribution is 5.20. The van der Waals surface area contributed by atoms with Gasteiger partial charge < -0.3 is 30.6 Å². The highest BCUT2D eigenvalue weighted by Crippen LogP contribution is 2.69. The van der Waals surface area contributed by atoms with Gasteiger partial charge in [-0.3, -0.25) is 0 Å². The molecule has 0 saturated heterocycles. The van der Waals surface area contributed by atoms with Gasteiger partial charge in [-0.2, -0.15) is 0 Å². The van der Waals surface area contributed by atoms with Gasteiger partial charge in [-0.1, -0.05) is 40.5 Å². The molecule has 0 amide bonds. The maximum Gasteiger partial charge on any atom is 0.0857 e. The topological polar surface area (TPSA) is 121 Å². The first-order chi connectivity index (χ1) is 15.4. The van der Waals surface area contributed by atoms with Crippen LogP contribution in [0.2, 0.25) is 0 Å². The molecule has 13 atom stereocenters. The van der Waals surface area contributed by atoms with Crippen LogP contribution >= 0.6 is 0 Å². The van der Waals surface area contributed by atoms with E-state index >= 15 is 0 Å². The van der Waals surface area contributed by atoms with Crippen LogP contribution in [0.5, 0.6) is 0 Å². The second-order valence-corrected chi connectivity index (χ2v) is 13.1. The summed E-state index contributed by atoms with van der Waals surface area (Å²) in [6.07, 6.45) is 3.57. The van der Waals surface area contributed by atoms with Gasteiger partial charge in [0, 0.05) is 24.9 Å². The van der Waals surface area contributed by atoms with Crippen molar-refractivity contribution in [3.63, 3.8) is 0 Å². The molecule has 0 aliphatic heterocycles. The summed E-state index contributed by atoms with van der Waals surface area (Å²) in [7, 11) is 0. The monoisotopic (exact) mass is 468 g/mol. The highest BCUT2D eigenvalue weighted by Gasteiger charge is 2.71. The fourth-order valence-corrected chi connectivity index (χ4v) is 9.60. The molecule has 4 fully saturated rings. The van der Waals surface area contributed by atoms with E-state index in [2.05, 4.69) is 27.7 Å². The Hall–Kier alpha value is -0.240. The van der Waals surface area contributed by atoms with Crippen LogP contribution in [0.4, 0.5) is 0 Å². The number of aliphatic hydroxyl groups is 6. The van der Waals surface area contributed by atoms with Gasteiger partial charge in [0.05, 0.1) is 30.0 Å². The lowest BCUT2D eigenvalue weighted by Crippen LogP contribution is -2.70. The molecular formula is C27H48O6. The van der Waals surface area contributed by atoms with Gasteiger partial charge >= 0.3 is 0 Å². The molecule has 0 bridgehead atoms. The highest BCUT2D eigenvalue weighted by atomic mass is 16.3. The molecule has 2 unspecified atom stereocenters. The molecule has 0 spiro atoms. The van der Waals surface area contributed by atoms with E-state index in [1.807, 2.05) is 0 Å². The third kappa shape index (κ3) is 3.92. The van der Waals surface area contributed by atoms with Gasteiger partial charge in [0.15, 0.2) is 0 Å². The van der Waals surface area contributed by atoms with Crippen molar-refractivity contribution in [1.82, 2.24) is 0 Å². The van der Waals surface area contributed by atoms with E-state index in [0.717, 1.165) is 32.1 Å². The summed E-state index contributed by atoms with van der Waals surface area (Å²) in [5.74, 6) is 0.208. The number of hydrogen-bond donors (Lipinski definition) is 6. The fraction of sp³-hybridized carbons (Fsp3) is 1.00. The summed E-state index contributed by atoms with van der Waals surface area (Å²) < 4.78 is 0. The van der Waals surface area contributed by atoms with E-state index in [4.69, 9.17) is 0 Å². The van der Waals surface area contributed by atoms with Crippen LogP contribution in [0.25, 0.3) is 0 Å². The standard InChI is InChI=1S/C27H48O6/c1-15(14-28)6-5-7-16(2)17-12-19(30)24-25(17,3)11-9-21-26(4)10-8-18(29)23(32)22(26)20(31)13-27(21,24)33/h15-24,28-33H,5-14H2,1-4H3/t15-,16+,17+,18-,19+,20-,21+,22?,23-,24?,25+,26+,27-/m0/s1. The molecule has 0 aromatic carbocycles. The summed E-state index contributed by atoms with van der Waals surface area (Å²) in [5, 5.41) is 65.2. The van der Waals surface area contributed by atoms with Crippen molar-refractivity contribution in [2.45, 2.75) is 115 Å². The van der Waals surface area contributed by atoms with E-state index in [0.29, 0.717) is 37.0 Å². The van der Waals surface area contributed by atoms with Crippen LogP contribution in [0.1, 0.15) is 85.5 Å². The lowest BCUT2D eigenvalue weighted by Gasteiger charge is -2.66. The summed E-state index contributed by atoms with van der Waals surface area (Å²) in [4.78, 5) is 0. The first-order valence-electron chi connectivity index (χ1n) is 13.5. The predicted octanol–water partition coefficient (Wildman–Crippen LogP) is 2.47. The third-order valence-corrected chi connectivity index (χ3v) is 11.2. The van der Waals surface area contributed by atoms with E-state index in [1.54, 1.807) is 0 Å². The van der Waals surface area contributed by atoms with Crippen molar-refractivity contribution in [3.8, 4) is 0 Å². The molecule has 4 aliphatic carbocycles. The van der Waals surface area contributed by atoms with Crippen molar-refractivity contribution in [1.29, 1.82) is 0 Å². The molecule has 6 nitrogen and oxygen atoms in total. The van der Waals surface area contributed by atoms with Gasteiger partial charge in [-0.25, -0.2) is 0 Å². The normalized spacial score (nSPS) is 53.6. The van der Waals surface area contributed by atoms with Crippen molar-refractivity contribution in [2.75, 3.05) is 6.61 Å². The molecule has 6 heteroatoms. The molecule has 33 heavy (non-hydrogen) atoms. The minimum absolute atomic E-state index is 0.104. The predicted molar refractivity (Wildman–Crippen MR) is 126 cm³/mol. The van der Waals surface area contributed by atoms with Crippen LogP contribution in [-0.2, 0) is 0 Å². The van der Waals surface area contributed by atoms with Gasteiger partial charge in [-0.05, 0) is 73.0 Å². The van der Waals surface area contributed by atoms with Crippen LogP contribution in [0.3, 0.4) is 0 Å². The zero-order valence-corrected chi connectivity index (χ0v) is 21.0. The molecule has 0 heterocycles. The minimum Gasteiger partial charge on any atom is -0.396 e. The number of hydrogen-bond acceptors (Lipinski definition) is 6. The van der Waals surface area contributed by atoms with E-state index in [-0.39, 0.29) is 30.3 Å². The molecule has 4 aliphatic rings. The Kier molecular flexibility index (Phi) is 7.05. The van der Waals surface area contributed by atoms with Crippen molar-refractivity contribution in [2.24, 2.45) is 46.3 Å². The minimum atomic E-state index is -1.17. The summed E-state index contributed by atoms with van der Waals surface area (Å²) in [5.41, 5.74) is -1.82. The van der Waals surface area contributed by atoms with Crippen LogP contribution in [0, 0.1) is 46.3 Å². The van der Waals surface area contributed by atoms with Crippen molar-refractivity contribution < 1.29 is 30.6 Å². The van der Waals surface area contributed by atoms with Gasteiger partial charge in [-0.15, -0.1) is 0 Å². The third-order valence-electron chi connectivity index (χ3n) is 11.2. The lowest BCUT2D eigenvalue weighted by atomic mass is 9.41. The van der Waals surface area contributed by atoms with E-state index in [9.17, 15) is 30.6 Å². The second-order valence-electron chi connectivity index (χ2n) is 13.1. The first-order valence-corrected chi connectivity index (χ1v) is 13.5. The van der Waals surface area contributed by atoms with Crippen molar-refractivity contribution >= 4 is 0 Å². The average molecular weight is 469 g/mol. The molecule has 0 radical (unpaired) electrons.